The van der Waals surface area contributed by atoms with Crippen LogP contribution in [0.1, 0.15) is 0 Å². The van der Waals surface area contributed by atoms with Gasteiger partial charge in [-0.15, -0.1) is 0 Å². The second-order valence-corrected chi connectivity index (χ2v) is 10.7. The Kier molecular flexibility index (Phi) is 5.14. The van der Waals surface area contributed by atoms with Crippen LogP contribution in [0.25, 0.3) is 43.1 Å². The largest absolute Gasteiger partial charge is 0.357 e. The summed E-state index contributed by atoms with van der Waals surface area (Å²) in [6.07, 6.45) is 0. The summed E-state index contributed by atoms with van der Waals surface area (Å²) in [6.45, 7) is 0. The highest BCUT2D eigenvalue weighted by molar-refractivity contribution is 6.08. The Balaban J connectivity index is 1.52. The first-order valence-corrected chi connectivity index (χ1v) is 14.1. The number of nitrogens with zero attached hydrogens (tertiary/aromatic N) is 6. The maximum absolute atomic E-state index is 12.4. The number of hydrogen-bond acceptors (Lipinski definition) is 8. The highest BCUT2D eigenvalue weighted by Crippen LogP contribution is 2.44. The predicted molar refractivity (Wildman–Crippen MR) is 170 cm³/mol. The van der Waals surface area contributed by atoms with Crippen LogP contribution < -0.4 is 22.0 Å². The Labute approximate surface area is 254 Å². The van der Waals surface area contributed by atoms with E-state index in [4.69, 9.17) is 20.0 Å². The zero-order valence-electron chi connectivity index (χ0n) is 23.4. The first kappa shape index (κ1) is 25.5. The Morgan fingerprint density at radius 2 is 0.826 bits per heavy atom. The van der Waals surface area contributed by atoms with Crippen molar-refractivity contribution in [1.82, 2.24) is 19.9 Å². The molecule has 14 nitrogen and oxygen atoms in total. The molecule has 14 heteroatoms. The highest BCUT2D eigenvalue weighted by Gasteiger charge is 2.31. The van der Waals surface area contributed by atoms with Crippen LogP contribution in [0.2, 0.25) is 0 Å². The lowest BCUT2D eigenvalue weighted by molar-refractivity contribution is -0.421. The van der Waals surface area contributed by atoms with Gasteiger partial charge in [-0.3, -0.25) is 20.2 Å². The molecule has 1 aliphatic rings. The van der Waals surface area contributed by atoms with Gasteiger partial charge >= 0.3 is 11.4 Å². The first-order chi connectivity index (χ1) is 22.4. The smallest absolute Gasteiger partial charge is 0.324 e. The molecule has 4 aromatic heterocycles. The summed E-state index contributed by atoms with van der Waals surface area (Å²) in [4.78, 5) is 55.4. The molecule has 4 N–H and O–H groups in total. The van der Waals surface area contributed by atoms with Gasteiger partial charge in [-0.2, -0.15) is 0 Å². The Morgan fingerprint density at radius 3 is 1.26 bits per heavy atom. The Bertz CT molecular complexity index is 2890. The number of benzene rings is 4. The molecule has 0 saturated carbocycles. The van der Waals surface area contributed by atoms with Crippen molar-refractivity contribution in [1.29, 1.82) is 0 Å². The summed E-state index contributed by atoms with van der Waals surface area (Å²) < 4.78 is 0. The lowest BCUT2D eigenvalue weighted by atomic mass is 10.1. The third kappa shape index (κ3) is 3.64. The van der Waals surface area contributed by atoms with Gasteiger partial charge in [0.1, 0.15) is 50.6 Å². The van der Waals surface area contributed by atoms with E-state index in [2.05, 4.69) is 19.9 Å². The molecular formula is C32H18N10O4. The van der Waals surface area contributed by atoms with E-state index in [1.54, 1.807) is 0 Å². The van der Waals surface area contributed by atoms with Gasteiger partial charge in [-0.05, 0) is 6.07 Å². The molecule has 0 aliphatic carbocycles. The van der Waals surface area contributed by atoms with E-state index in [0.29, 0.717) is 39.0 Å². The SMILES string of the molecule is O=[N+]([O-])c1ccc2c3[nH]c(c2c1[N+](=O)[O-])N=c1[nH]c(c2ccccc12)=Nc1[nH]c(c2ccccc12)N=c1[nH]c(c2ccccc12)=N3. The van der Waals surface area contributed by atoms with E-state index in [1.165, 1.54) is 6.07 Å². The van der Waals surface area contributed by atoms with Crippen molar-refractivity contribution in [2.45, 2.75) is 0 Å². The van der Waals surface area contributed by atoms with Gasteiger partial charge in [0.25, 0.3) is 0 Å². The summed E-state index contributed by atoms with van der Waals surface area (Å²) in [5.41, 5.74) is 0.479. The van der Waals surface area contributed by atoms with Gasteiger partial charge in [0.05, 0.1) is 9.85 Å². The van der Waals surface area contributed by atoms with Gasteiger partial charge in [0.2, 0.25) is 0 Å². The van der Waals surface area contributed by atoms with Crippen LogP contribution in [0, 0.1) is 20.2 Å². The van der Waals surface area contributed by atoms with Crippen LogP contribution in [-0.4, -0.2) is 29.8 Å². The van der Waals surface area contributed by atoms with Crippen molar-refractivity contribution in [2.24, 2.45) is 20.0 Å². The molecule has 0 saturated heterocycles. The molecule has 4 aromatic carbocycles. The molecule has 1 aliphatic heterocycles. The molecule has 0 unspecified atom stereocenters. The van der Waals surface area contributed by atoms with Crippen LogP contribution >= 0.6 is 0 Å². The van der Waals surface area contributed by atoms with Gasteiger partial charge in [0, 0.05) is 43.8 Å². The van der Waals surface area contributed by atoms with Crippen molar-refractivity contribution >= 4 is 77.7 Å². The van der Waals surface area contributed by atoms with Crippen LogP contribution in [-0.2, 0) is 0 Å². The zero-order valence-corrected chi connectivity index (χ0v) is 23.4. The maximum atomic E-state index is 12.4. The summed E-state index contributed by atoms with van der Waals surface area (Å²) in [7, 11) is 0. The average Bonchev–Trinajstić information content (AvgIpc) is 3.80. The first-order valence-electron chi connectivity index (χ1n) is 14.1. The summed E-state index contributed by atoms with van der Waals surface area (Å²) in [5, 5.41) is 29.3. The summed E-state index contributed by atoms with van der Waals surface area (Å²) >= 11 is 0. The summed E-state index contributed by atoms with van der Waals surface area (Å²) in [5.74, 6) is 1.42. The molecule has 46 heavy (non-hydrogen) atoms. The van der Waals surface area contributed by atoms with E-state index < -0.39 is 21.2 Å². The number of hydrogen-bond donors (Lipinski definition) is 4. The molecule has 8 aromatic rings. The van der Waals surface area contributed by atoms with Gasteiger partial charge in [0.15, 0.2) is 0 Å². The fourth-order valence-electron chi connectivity index (χ4n) is 6.17. The molecule has 0 fully saturated rings. The van der Waals surface area contributed by atoms with E-state index in [9.17, 15) is 20.2 Å². The van der Waals surface area contributed by atoms with Gasteiger partial charge in [-0.25, -0.2) is 20.0 Å². The lowest BCUT2D eigenvalue weighted by Crippen LogP contribution is -2.10. The molecule has 0 radical (unpaired) electrons. The minimum atomic E-state index is -0.775. The molecule has 220 valence electrons. The minimum absolute atomic E-state index is 0.0307. The van der Waals surface area contributed by atoms with Crippen LogP contribution in [0.5, 0.6) is 0 Å². The fraction of sp³-hybridized carbons (Fsp3) is 0. The number of nitrogens with one attached hydrogen (secondary N) is 4. The number of fused-ring (bicyclic) bond motifs is 20. The normalized spacial score (nSPS) is 12.5. The maximum Gasteiger partial charge on any atom is 0.357 e. The molecule has 8 bridgehead atoms. The third-order valence-electron chi connectivity index (χ3n) is 8.18. The van der Waals surface area contributed by atoms with Crippen molar-refractivity contribution in [3.8, 4) is 0 Å². The number of rotatable bonds is 2. The quantitative estimate of drug-likeness (QED) is 0.148. The van der Waals surface area contributed by atoms with Crippen LogP contribution in [0.15, 0.2) is 105 Å². The highest BCUT2D eigenvalue weighted by atomic mass is 16.6. The monoisotopic (exact) mass is 606 g/mol. The van der Waals surface area contributed by atoms with Crippen molar-refractivity contribution in [3.05, 3.63) is 127 Å². The van der Waals surface area contributed by atoms with Crippen molar-refractivity contribution in [2.75, 3.05) is 0 Å². The number of aromatic nitrogens is 4. The predicted octanol–water partition coefficient (Wildman–Crippen LogP) is 5.55. The van der Waals surface area contributed by atoms with Crippen molar-refractivity contribution < 1.29 is 9.85 Å². The van der Waals surface area contributed by atoms with E-state index in [-0.39, 0.29) is 22.4 Å². The molecule has 5 heterocycles. The van der Waals surface area contributed by atoms with Crippen LogP contribution in [0.4, 0.5) is 34.6 Å². The molecule has 9 rings (SSSR count). The van der Waals surface area contributed by atoms with E-state index in [0.717, 1.165) is 33.0 Å². The minimum Gasteiger partial charge on any atom is -0.324 e. The fourth-order valence-corrected chi connectivity index (χ4v) is 6.17. The average molecular weight is 607 g/mol. The topological polar surface area (TPSA) is 199 Å². The second-order valence-electron chi connectivity index (χ2n) is 10.7. The molecule has 0 atom stereocenters. The van der Waals surface area contributed by atoms with Crippen molar-refractivity contribution in [3.63, 3.8) is 0 Å². The Hall–Kier alpha value is -6.96. The zero-order chi connectivity index (χ0) is 31.1. The number of H-pyrrole nitrogens is 4. The van der Waals surface area contributed by atoms with Crippen LogP contribution in [0.3, 0.4) is 0 Å². The van der Waals surface area contributed by atoms with E-state index in [1.807, 2.05) is 72.8 Å². The third-order valence-corrected chi connectivity index (χ3v) is 8.18. The van der Waals surface area contributed by atoms with E-state index >= 15 is 0 Å². The molecule has 0 spiro atoms. The lowest BCUT2D eigenvalue weighted by Gasteiger charge is -1.98. The standard InChI is InChI=1S/C32H18N10O4/c43-41(44)22-14-13-21-23(24(22)42(45)46)32-39-30-20-12-6-5-11-19(20)28(37-30)35-26-16-8-2-1-7-15(16)25(33-26)34-27-17-9-3-4-10-18(17)29(36-27)38-31(21)40-32/h1-14H,(H4,33,34,35,36,37,38,39,40). The number of aromatic amines is 4. The number of nitro benzene ring substituents is 2. The molecule has 0 amide bonds. The Morgan fingerprint density at radius 1 is 0.435 bits per heavy atom. The van der Waals surface area contributed by atoms with Gasteiger partial charge in [-0.1, -0.05) is 72.8 Å². The molecular weight excluding hydrogens is 588 g/mol. The van der Waals surface area contributed by atoms with Gasteiger partial charge < -0.3 is 19.9 Å². The second kappa shape index (κ2) is 9.27. The number of nitro groups is 2. The summed E-state index contributed by atoms with van der Waals surface area (Å²) in [6, 6.07) is 25.4.